The number of carboxylic acids is 1. The minimum Gasteiger partial charge on any atom is -0.481 e. The fourth-order valence-corrected chi connectivity index (χ4v) is 4.16. The zero-order chi connectivity index (χ0) is 16.7. The van der Waals surface area contributed by atoms with Crippen molar-refractivity contribution in [2.75, 3.05) is 6.54 Å². The van der Waals surface area contributed by atoms with Gasteiger partial charge in [0.15, 0.2) is 0 Å². The highest BCUT2D eigenvalue weighted by molar-refractivity contribution is 7.13. The minimum atomic E-state index is -0.739. The molecule has 23 heavy (non-hydrogen) atoms. The van der Waals surface area contributed by atoms with Crippen LogP contribution >= 0.6 is 11.3 Å². The van der Waals surface area contributed by atoms with Crippen molar-refractivity contribution in [2.45, 2.75) is 70.6 Å². The summed E-state index contributed by atoms with van der Waals surface area (Å²) in [5.74, 6) is -0.207. The van der Waals surface area contributed by atoms with Crippen molar-refractivity contribution < 1.29 is 14.7 Å². The maximum atomic E-state index is 12.3. The van der Waals surface area contributed by atoms with Crippen LogP contribution < -0.4 is 5.32 Å². The van der Waals surface area contributed by atoms with Crippen molar-refractivity contribution in [1.29, 1.82) is 0 Å². The molecule has 2 rings (SSSR count). The second-order valence-corrected chi connectivity index (χ2v) is 7.29. The SMILES string of the molecule is Cc1nc(C2CCCC2)sc1C(=O)NCCCCCCC(=O)O. The number of aryl methyl sites for hydroxylation is 1. The van der Waals surface area contributed by atoms with Crippen LogP contribution in [-0.2, 0) is 4.79 Å². The monoisotopic (exact) mass is 338 g/mol. The summed E-state index contributed by atoms with van der Waals surface area (Å²) in [4.78, 5) is 28.0. The zero-order valence-corrected chi connectivity index (χ0v) is 14.6. The molecule has 1 heterocycles. The van der Waals surface area contributed by atoms with Crippen LogP contribution in [0.3, 0.4) is 0 Å². The Morgan fingerprint density at radius 3 is 2.61 bits per heavy atom. The third kappa shape index (κ3) is 5.61. The quantitative estimate of drug-likeness (QED) is 0.670. The molecule has 0 bridgehead atoms. The van der Waals surface area contributed by atoms with E-state index in [0.717, 1.165) is 34.8 Å². The molecule has 0 unspecified atom stereocenters. The molecule has 0 saturated heterocycles. The molecular formula is C17H26N2O3S. The van der Waals surface area contributed by atoms with Gasteiger partial charge >= 0.3 is 5.97 Å². The molecule has 0 atom stereocenters. The lowest BCUT2D eigenvalue weighted by Gasteiger charge is -2.04. The standard InChI is InChI=1S/C17H26N2O3S/c1-12-15(23-17(19-12)13-8-5-6-9-13)16(22)18-11-7-3-2-4-10-14(20)21/h13H,2-11H2,1H3,(H,18,22)(H,20,21). The van der Waals surface area contributed by atoms with E-state index in [1.165, 1.54) is 25.7 Å². The van der Waals surface area contributed by atoms with Gasteiger partial charge in [0, 0.05) is 18.9 Å². The van der Waals surface area contributed by atoms with E-state index in [1.54, 1.807) is 11.3 Å². The van der Waals surface area contributed by atoms with Crippen molar-refractivity contribution in [2.24, 2.45) is 0 Å². The molecule has 1 aliphatic rings. The fraction of sp³-hybridized carbons (Fsp3) is 0.706. The van der Waals surface area contributed by atoms with Crippen molar-refractivity contribution in [1.82, 2.24) is 10.3 Å². The second kappa shape index (κ2) is 9.01. The number of aromatic nitrogens is 1. The molecule has 0 aromatic carbocycles. The molecular weight excluding hydrogens is 312 g/mol. The summed E-state index contributed by atoms with van der Waals surface area (Å²) in [6.45, 7) is 2.55. The number of amides is 1. The molecule has 6 heteroatoms. The Bertz CT molecular complexity index is 536. The Balaban J connectivity index is 1.70. The third-order valence-corrected chi connectivity index (χ3v) is 5.65. The van der Waals surface area contributed by atoms with E-state index in [9.17, 15) is 9.59 Å². The molecule has 0 radical (unpaired) electrons. The van der Waals surface area contributed by atoms with E-state index in [4.69, 9.17) is 5.11 Å². The summed E-state index contributed by atoms with van der Waals surface area (Å²) in [7, 11) is 0. The van der Waals surface area contributed by atoms with Gasteiger partial charge < -0.3 is 10.4 Å². The summed E-state index contributed by atoms with van der Waals surface area (Å²) in [5, 5.41) is 12.6. The van der Waals surface area contributed by atoms with E-state index >= 15 is 0 Å². The Morgan fingerprint density at radius 1 is 1.22 bits per heavy atom. The number of carboxylic acid groups (broad SMARTS) is 1. The van der Waals surface area contributed by atoms with Gasteiger partial charge in [-0.05, 0) is 32.6 Å². The van der Waals surface area contributed by atoms with Crippen LogP contribution in [-0.4, -0.2) is 28.5 Å². The molecule has 1 aromatic heterocycles. The van der Waals surface area contributed by atoms with Crippen LogP contribution in [0.2, 0.25) is 0 Å². The smallest absolute Gasteiger partial charge is 0.303 e. The normalized spacial score (nSPS) is 15.0. The van der Waals surface area contributed by atoms with E-state index < -0.39 is 5.97 Å². The van der Waals surface area contributed by atoms with Gasteiger partial charge in [-0.3, -0.25) is 9.59 Å². The largest absolute Gasteiger partial charge is 0.481 e. The average Bonchev–Trinajstić information content (AvgIpc) is 3.14. The van der Waals surface area contributed by atoms with Crippen molar-refractivity contribution in [3.63, 3.8) is 0 Å². The van der Waals surface area contributed by atoms with Crippen molar-refractivity contribution in [3.8, 4) is 0 Å². The highest BCUT2D eigenvalue weighted by Gasteiger charge is 2.23. The Kier molecular flexibility index (Phi) is 7.02. The molecule has 2 N–H and O–H groups in total. The molecule has 1 fully saturated rings. The molecule has 1 saturated carbocycles. The van der Waals surface area contributed by atoms with E-state index in [1.807, 2.05) is 6.92 Å². The minimum absolute atomic E-state index is 0.0187. The number of thiazole rings is 1. The predicted molar refractivity (Wildman–Crippen MR) is 91.1 cm³/mol. The average molecular weight is 338 g/mol. The lowest BCUT2D eigenvalue weighted by atomic mass is 10.1. The molecule has 0 aliphatic heterocycles. The number of unbranched alkanes of at least 4 members (excludes halogenated alkanes) is 3. The number of rotatable bonds is 9. The lowest BCUT2D eigenvalue weighted by molar-refractivity contribution is -0.137. The van der Waals surface area contributed by atoms with Crippen LogP contribution in [0.4, 0.5) is 0 Å². The topological polar surface area (TPSA) is 79.3 Å². The highest BCUT2D eigenvalue weighted by atomic mass is 32.1. The van der Waals surface area contributed by atoms with Crippen LogP contribution in [0.25, 0.3) is 0 Å². The Labute approximate surface area is 141 Å². The Hall–Kier alpha value is -1.43. The number of carbonyl (C=O) groups excluding carboxylic acids is 1. The lowest BCUT2D eigenvalue weighted by Crippen LogP contribution is -2.24. The summed E-state index contributed by atoms with van der Waals surface area (Å²) in [5.41, 5.74) is 0.843. The maximum absolute atomic E-state index is 12.3. The molecule has 0 spiro atoms. The summed E-state index contributed by atoms with van der Waals surface area (Å²) < 4.78 is 0. The molecule has 5 nitrogen and oxygen atoms in total. The summed E-state index contributed by atoms with van der Waals surface area (Å²) >= 11 is 1.55. The first-order valence-corrected chi connectivity index (χ1v) is 9.37. The van der Waals surface area contributed by atoms with E-state index in [2.05, 4.69) is 10.3 Å². The van der Waals surface area contributed by atoms with Crippen LogP contribution in [0.5, 0.6) is 0 Å². The summed E-state index contributed by atoms with van der Waals surface area (Å²) in [6, 6.07) is 0. The fourth-order valence-electron chi connectivity index (χ4n) is 3.01. The number of hydrogen-bond acceptors (Lipinski definition) is 4. The zero-order valence-electron chi connectivity index (χ0n) is 13.8. The molecule has 1 amide bonds. The highest BCUT2D eigenvalue weighted by Crippen LogP contribution is 2.37. The molecule has 1 aromatic rings. The first-order chi connectivity index (χ1) is 11.1. The van der Waals surface area contributed by atoms with Crippen LogP contribution in [0.15, 0.2) is 0 Å². The van der Waals surface area contributed by atoms with Crippen molar-refractivity contribution >= 4 is 23.2 Å². The van der Waals surface area contributed by atoms with Crippen LogP contribution in [0.1, 0.15) is 84.1 Å². The first kappa shape index (κ1) is 17.9. The maximum Gasteiger partial charge on any atom is 0.303 e. The number of nitrogens with zero attached hydrogens (tertiary/aromatic N) is 1. The van der Waals surface area contributed by atoms with Gasteiger partial charge in [-0.15, -0.1) is 11.3 Å². The van der Waals surface area contributed by atoms with Gasteiger partial charge in [0.05, 0.1) is 10.7 Å². The Morgan fingerprint density at radius 2 is 1.91 bits per heavy atom. The van der Waals surface area contributed by atoms with E-state index in [0.29, 0.717) is 18.9 Å². The molecule has 1 aliphatic carbocycles. The van der Waals surface area contributed by atoms with Crippen molar-refractivity contribution in [3.05, 3.63) is 15.6 Å². The summed E-state index contributed by atoms with van der Waals surface area (Å²) in [6.07, 6.45) is 8.61. The number of carbonyl (C=O) groups is 2. The number of aliphatic carboxylic acids is 1. The van der Waals surface area contributed by atoms with Gasteiger partial charge in [-0.2, -0.15) is 0 Å². The number of nitrogens with one attached hydrogen (secondary N) is 1. The number of hydrogen-bond donors (Lipinski definition) is 2. The molecule has 128 valence electrons. The van der Waals surface area contributed by atoms with Gasteiger partial charge in [0.1, 0.15) is 4.88 Å². The van der Waals surface area contributed by atoms with E-state index in [-0.39, 0.29) is 12.3 Å². The van der Waals surface area contributed by atoms with Gasteiger partial charge in [-0.1, -0.05) is 25.7 Å². The van der Waals surface area contributed by atoms with Crippen LogP contribution in [0, 0.1) is 6.92 Å². The predicted octanol–water partition coefficient (Wildman–Crippen LogP) is 3.87. The first-order valence-electron chi connectivity index (χ1n) is 8.55. The van der Waals surface area contributed by atoms with Gasteiger partial charge in [0.25, 0.3) is 5.91 Å². The second-order valence-electron chi connectivity index (χ2n) is 6.26. The third-order valence-electron chi connectivity index (χ3n) is 4.33. The van der Waals surface area contributed by atoms with Gasteiger partial charge in [-0.25, -0.2) is 4.98 Å². The van der Waals surface area contributed by atoms with Gasteiger partial charge in [0.2, 0.25) is 0 Å².